The van der Waals surface area contributed by atoms with E-state index in [1.807, 2.05) is 14.0 Å². The molecular weight excluding hydrogens is 493 g/mol. The summed E-state index contributed by atoms with van der Waals surface area (Å²) in [6, 6.07) is 2.91. The third-order valence-corrected chi connectivity index (χ3v) is 11.3. The number of Topliss-reactive ketones (excluding diaryl/α,β-unsaturated/α-hetero) is 1. The lowest BCUT2D eigenvalue weighted by atomic mass is 9.43. The van der Waals surface area contributed by atoms with Gasteiger partial charge in [-0.1, -0.05) is 18.5 Å². The van der Waals surface area contributed by atoms with Gasteiger partial charge in [0.2, 0.25) is 0 Å². The van der Waals surface area contributed by atoms with Gasteiger partial charge < -0.3 is 15.6 Å². The molecule has 0 heterocycles. The average Bonchev–Trinajstić information content (AvgIpc) is 3.21. The van der Waals surface area contributed by atoms with Crippen LogP contribution in [0.2, 0.25) is 5.02 Å². The Balaban J connectivity index is 1.31. The number of rotatable bonds is 6. The number of hydrogen-bond acceptors (Lipinski definition) is 6. The smallest absolute Gasteiger partial charge is 0.166 e. The molecule has 0 amide bonds. The first-order valence-corrected chi connectivity index (χ1v) is 14.3. The molecule has 4 aliphatic carbocycles. The van der Waals surface area contributed by atoms with Crippen molar-refractivity contribution in [3.63, 3.8) is 0 Å². The molecule has 204 valence electrons. The molecule has 4 aliphatic rings. The molecule has 0 unspecified atom stereocenters. The highest BCUT2D eigenvalue weighted by molar-refractivity contribution is 6.31. The fourth-order valence-corrected chi connectivity index (χ4v) is 9.41. The Morgan fingerprint density at radius 3 is 2.70 bits per heavy atom. The normalized spacial score (nSPS) is 41.3. The van der Waals surface area contributed by atoms with Crippen molar-refractivity contribution in [2.75, 3.05) is 26.0 Å². The van der Waals surface area contributed by atoms with Crippen LogP contribution in [0.1, 0.15) is 71.6 Å². The molecule has 4 fully saturated rings. The van der Waals surface area contributed by atoms with E-state index in [1.165, 1.54) is 18.6 Å². The largest absolute Gasteiger partial charge is 0.394 e. The number of nitrogens with two attached hydrogens (primary N) is 1. The zero-order chi connectivity index (χ0) is 26.6. The van der Waals surface area contributed by atoms with Crippen molar-refractivity contribution in [1.29, 1.82) is 0 Å². The highest BCUT2D eigenvalue weighted by atomic mass is 35.5. The lowest BCUT2D eigenvalue weighted by molar-refractivity contribution is -0.175. The van der Waals surface area contributed by atoms with Crippen LogP contribution in [-0.2, 0) is 9.53 Å². The Labute approximate surface area is 224 Å². The number of ketones is 1. The van der Waals surface area contributed by atoms with Gasteiger partial charge in [-0.3, -0.25) is 4.79 Å². The summed E-state index contributed by atoms with van der Waals surface area (Å²) in [6.07, 6.45) is 9.18. The average molecular weight is 534 g/mol. The van der Waals surface area contributed by atoms with Gasteiger partial charge in [0, 0.05) is 13.0 Å². The second kappa shape index (κ2) is 9.87. The lowest BCUT2D eigenvalue weighted by Crippen LogP contribution is -2.58. The summed E-state index contributed by atoms with van der Waals surface area (Å²) in [5.74, 6) is 1.60. The summed E-state index contributed by atoms with van der Waals surface area (Å²) in [5, 5.41) is 18.9. The molecule has 1 aromatic carbocycles. The summed E-state index contributed by atoms with van der Waals surface area (Å²) >= 11 is 5.76. The maximum Gasteiger partial charge on any atom is 0.166 e. The molecule has 0 bridgehead atoms. The number of halogens is 2. The predicted octanol–water partition coefficient (Wildman–Crippen LogP) is 6.75. The van der Waals surface area contributed by atoms with E-state index in [9.17, 15) is 14.3 Å². The number of benzene rings is 1. The van der Waals surface area contributed by atoms with Gasteiger partial charge in [0.15, 0.2) is 11.6 Å². The SMILES string of the molecule is COC[C@]12CC[C@@](C)(O)C[C@@H]1CC[C@H]1[C@@H]3CC[C@H](C(=O)CN=Nc4ccc(Cl)c(F)c4N)[C@@]3(C)CC[C@@H]12. The Hall–Kier alpha value is -1.57. The van der Waals surface area contributed by atoms with Gasteiger partial charge in [0.05, 0.1) is 22.9 Å². The van der Waals surface area contributed by atoms with E-state index >= 15 is 0 Å². The second-order valence-electron chi connectivity index (χ2n) is 12.9. The van der Waals surface area contributed by atoms with Crippen molar-refractivity contribution in [3.8, 4) is 0 Å². The molecule has 1 aromatic rings. The van der Waals surface area contributed by atoms with Crippen molar-refractivity contribution in [2.45, 2.75) is 77.2 Å². The van der Waals surface area contributed by atoms with E-state index in [-0.39, 0.29) is 45.5 Å². The quantitative estimate of drug-likeness (QED) is 0.312. The first-order chi connectivity index (χ1) is 17.5. The van der Waals surface area contributed by atoms with Gasteiger partial charge in [-0.2, -0.15) is 10.2 Å². The summed E-state index contributed by atoms with van der Waals surface area (Å²) in [5.41, 5.74) is 5.35. The molecule has 4 saturated carbocycles. The van der Waals surface area contributed by atoms with Crippen LogP contribution in [0, 0.1) is 46.2 Å². The lowest BCUT2D eigenvalue weighted by Gasteiger charge is -2.62. The maximum absolute atomic E-state index is 14.0. The first kappa shape index (κ1) is 27.0. The Morgan fingerprint density at radius 1 is 1.16 bits per heavy atom. The number of hydrogen-bond donors (Lipinski definition) is 2. The van der Waals surface area contributed by atoms with Crippen LogP contribution in [0.25, 0.3) is 0 Å². The number of azo groups is 1. The third-order valence-electron chi connectivity index (χ3n) is 11.0. The number of fused-ring (bicyclic) bond motifs is 5. The number of aliphatic hydroxyl groups is 1. The number of nitrogens with zero attached hydrogens (tertiary/aromatic N) is 2. The molecule has 0 aromatic heterocycles. The molecule has 8 atom stereocenters. The molecule has 0 aliphatic heterocycles. The molecule has 8 heteroatoms. The summed E-state index contributed by atoms with van der Waals surface area (Å²) < 4.78 is 19.8. The zero-order valence-electron chi connectivity index (χ0n) is 22.3. The van der Waals surface area contributed by atoms with E-state index in [2.05, 4.69) is 17.2 Å². The first-order valence-electron chi connectivity index (χ1n) is 13.9. The van der Waals surface area contributed by atoms with Gasteiger partial charge in [0.25, 0.3) is 0 Å². The van der Waals surface area contributed by atoms with Crippen LogP contribution in [-0.4, -0.2) is 36.8 Å². The van der Waals surface area contributed by atoms with E-state index in [0.29, 0.717) is 23.7 Å². The standard InChI is InChI=1S/C29H41ClFN3O3/c1-27(36)12-13-29(16-37-3)17(14-27)4-5-18-19-6-7-21(28(19,2)11-10-20(18)29)24(35)15-33-34-23-9-8-22(30)25(31)26(23)32/h8-9,17-21,36H,4-7,10-16,32H2,1-3H3/t17-,18-,19-,20-,21+,27+,28-,29+/m0/s1. The van der Waals surface area contributed by atoms with Gasteiger partial charge in [-0.05, 0) is 111 Å². The molecular formula is C29H41ClFN3O3. The zero-order valence-corrected chi connectivity index (χ0v) is 23.1. The number of ether oxygens (including phenoxy) is 1. The highest BCUT2D eigenvalue weighted by Gasteiger charge is 2.63. The number of anilines is 1. The Kier molecular flexibility index (Phi) is 7.21. The number of nitrogen functional groups attached to an aromatic ring is 1. The van der Waals surface area contributed by atoms with E-state index in [0.717, 1.165) is 58.0 Å². The van der Waals surface area contributed by atoms with Gasteiger partial charge in [0.1, 0.15) is 12.2 Å². The number of carbonyl (C=O) groups is 1. The van der Waals surface area contributed by atoms with E-state index < -0.39 is 11.4 Å². The summed E-state index contributed by atoms with van der Waals surface area (Å²) in [7, 11) is 1.82. The summed E-state index contributed by atoms with van der Waals surface area (Å²) in [4.78, 5) is 13.4. The predicted molar refractivity (Wildman–Crippen MR) is 142 cm³/mol. The molecule has 0 saturated heterocycles. The molecule has 0 spiro atoms. The van der Waals surface area contributed by atoms with E-state index in [1.54, 1.807) is 0 Å². The molecule has 5 rings (SSSR count). The fraction of sp³-hybridized carbons (Fsp3) is 0.759. The Bertz CT molecular complexity index is 1080. The van der Waals surface area contributed by atoms with Crippen molar-refractivity contribution >= 4 is 28.8 Å². The van der Waals surface area contributed by atoms with Crippen molar-refractivity contribution < 1.29 is 19.0 Å². The van der Waals surface area contributed by atoms with Gasteiger partial charge in [-0.25, -0.2) is 4.39 Å². The van der Waals surface area contributed by atoms with Gasteiger partial charge >= 0.3 is 0 Å². The van der Waals surface area contributed by atoms with Crippen molar-refractivity contribution in [3.05, 3.63) is 23.0 Å². The topological polar surface area (TPSA) is 97.3 Å². The monoisotopic (exact) mass is 533 g/mol. The van der Waals surface area contributed by atoms with Crippen LogP contribution in [0.3, 0.4) is 0 Å². The number of carbonyl (C=O) groups excluding carboxylic acids is 1. The minimum Gasteiger partial charge on any atom is -0.394 e. The minimum atomic E-state index is -0.713. The second-order valence-corrected chi connectivity index (χ2v) is 13.3. The van der Waals surface area contributed by atoms with Crippen LogP contribution in [0.5, 0.6) is 0 Å². The molecule has 6 nitrogen and oxygen atoms in total. The van der Waals surface area contributed by atoms with Crippen molar-refractivity contribution in [1.82, 2.24) is 0 Å². The highest BCUT2D eigenvalue weighted by Crippen LogP contribution is 2.68. The fourth-order valence-electron chi connectivity index (χ4n) is 9.25. The van der Waals surface area contributed by atoms with Crippen LogP contribution in [0.4, 0.5) is 15.8 Å². The van der Waals surface area contributed by atoms with Crippen molar-refractivity contribution in [2.24, 2.45) is 50.6 Å². The summed E-state index contributed by atoms with van der Waals surface area (Å²) in [6.45, 7) is 5.08. The number of methoxy groups -OCH3 is 1. The Morgan fingerprint density at radius 2 is 1.95 bits per heavy atom. The van der Waals surface area contributed by atoms with E-state index in [4.69, 9.17) is 22.1 Å². The maximum atomic E-state index is 14.0. The van der Waals surface area contributed by atoms with Crippen LogP contribution in [0.15, 0.2) is 22.4 Å². The van der Waals surface area contributed by atoms with Crippen LogP contribution < -0.4 is 5.73 Å². The van der Waals surface area contributed by atoms with Gasteiger partial charge in [-0.15, -0.1) is 0 Å². The third kappa shape index (κ3) is 4.53. The molecule has 0 radical (unpaired) electrons. The molecule has 3 N–H and O–H groups in total. The molecule has 37 heavy (non-hydrogen) atoms. The minimum absolute atomic E-state index is 0.0183. The van der Waals surface area contributed by atoms with Crippen LogP contribution >= 0.6 is 11.6 Å².